The minimum atomic E-state index is -0.478. The lowest BCUT2D eigenvalue weighted by Gasteiger charge is -2.32. The molecule has 0 unspecified atom stereocenters. The van der Waals surface area contributed by atoms with Crippen LogP contribution >= 0.6 is 11.3 Å². The van der Waals surface area contributed by atoms with E-state index in [1.54, 1.807) is 11.4 Å². The number of thiophene rings is 1. The molecular weight excluding hydrogens is 412 g/mol. The number of methoxy groups -OCH3 is 1. The first kappa shape index (κ1) is 22.7. The SMILES string of the molecule is COC(=O)c1sccc1NC(=O)CN(CCCO)C(c1ccccc1)c1ccccc1. The van der Waals surface area contributed by atoms with Crippen LogP contribution in [0.25, 0.3) is 0 Å². The Kier molecular flexibility index (Phi) is 8.35. The van der Waals surface area contributed by atoms with Gasteiger partial charge in [0, 0.05) is 13.2 Å². The molecule has 2 N–H and O–H groups in total. The monoisotopic (exact) mass is 438 g/mol. The summed E-state index contributed by atoms with van der Waals surface area (Å²) in [5.41, 5.74) is 2.57. The highest BCUT2D eigenvalue weighted by Gasteiger charge is 2.25. The van der Waals surface area contributed by atoms with Gasteiger partial charge < -0.3 is 15.2 Å². The van der Waals surface area contributed by atoms with E-state index in [4.69, 9.17) is 4.74 Å². The van der Waals surface area contributed by atoms with Crippen LogP contribution in [0.4, 0.5) is 5.69 Å². The summed E-state index contributed by atoms with van der Waals surface area (Å²) >= 11 is 1.22. The van der Waals surface area contributed by atoms with Crippen LogP contribution in [0.1, 0.15) is 33.3 Å². The quantitative estimate of drug-likeness (QED) is 0.469. The van der Waals surface area contributed by atoms with Crippen molar-refractivity contribution in [3.63, 3.8) is 0 Å². The summed E-state index contributed by atoms with van der Waals surface area (Å²) < 4.78 is 4.79. The van der Waals surface area contributed by atoms with Crippen LogP contribution in [0.2, 0.25) is 0 Å². The number of nitrogens with zero attached hydrogens (tertiary/aromatic N) is 1. The fraction of sp³-hybridized carbons (Fsp3) is 0.250. The lowest BCUT2D eigenvalue weighted by molar-refractivity contribution is -0.117. The number of nitrogens with one attached hydrogen (secondary N) is 1. The Balaban J connectivity index is 1.86. The van der Waals surface area contributed by atoms with Crippen LogP contribution in [-0.2, 0) is 9.53 Å². The maximum Gasteiger partial charge on any atom is 0.350 e. The number of anilines is 1. The summed E-state index contributed by atoms with van der Waals surface area (Å²) in [5, 5.41) is 14.0. The molecule has 0 radical (unpaired) electrons. The molecule has 1 heterocycles. The number of hydrogen-bond donors (Lipinski definition) is 2. The number of aliphatic hydroxyl groups is 1. The Morgan fingerprint density at radius 2 is 1.65 bits per heavy atom. The highest BCUT2D eigenvalue weighted by Crippen LogP contribution is 2.29. The molecule has 31 heavy (non-hydrogen) atoms. The van der Waals surface area contributed by atoms with Crippen molar-refractivity contribution < 1.29 is 19.4 Å². The third-order valence-electron chi connectivity index (χ3n) is 4.86. The van der Waals surface area contributed by atoms with Crippen molar-refractivity contribution in [2.45, 2.75) is 12.5 Å². The van der Waals surface area contributed by atoms with E-state index in [9.17, 15) is 14.7 Å². The Hall–Kier alpha value is -3.00. The average Bonchev–Trinajstić information content (AvgIpc) is 3.26. The van der Waals surface area contributed by atoms with Crippen molar-refractivity contribution in [3.8, 4) is 0 Å². The Morgan fingerprint density at radius 3 is 2.19 bits per heavy atom. The molecule has 6 nitrogen and oxygen atoms in total. The molecule has 1 aromatic heterocycles. The van der Waals surface area contributed by atoms with Crippen LogP contribution < -0.4 is 5.32 Å². The average molecular weight is 439 g/mol. The van der Waals surface area contributed by atoms with Gasteiger partial charge in [0.05, 0.1) is 25.4 Å². The Bertz CT molecular complexity index is 936. The predicted octanol–water partition coefficient (Wildman–Crippen LogP) is 3.95. The standard InChI is InChI=1S/C24H26N2O4S/c1-30-24(29)23-20(13-16-31-23)25-21(28)17-26(14-8-15-27)22(18-9-4-2-5-10-18)19-11-6-3-7-12-19/h2-7,9-13,16,22,27H,8,14-15,17H2,1H3,(H,25,28). The molecule has 0 saturated heterocycles. The zero-order chi connectivity index (χ0) is 22.1. The number of aliphatic hydroxyl groups excluding tert-OH is 1. The van der Waals surface area contributed by atoms with Gasteiger partial charge in [-0.3, -0.25) is 9.69 Å². The van der Waals surface area contributed by atoms with Gasteiger partial charge in [-0.15, -0.1) is 11.3 Å². The molecule has 0 saturated carbocycles. The third-order valence-corrected chi connectivity index (χ3v) is 5.75. The first-order valence-corrected chi connectivity index (χ1v) is 10.9. The van der Waals surface area contributed by atoms with Gasteiger partial charge in [-0.2, -0.15) is 0 Å². The van der Waals surface area contributed by atoms with E-state index in [-0.39, 0.29) is 25.1 Å². The molecule has 7 heteroatoms. The minimum Gasteiger partial charge on any atom is -0.465 e. The molecule has 0 spiro atoms. The van der Waals surface area contributed by atoms with E-state index in [0.29, 0.717) is 23.5 Å². The van der Waals surface area contributed by atoms with Crippen molar-refractivity contribution >= 4 is 28.9 Å². The smallest absolute Gasteiger partial charge is 0.350 e. The van der Waals surface area contributed by atoms with Crippen molar-refractivity contribution in [2.75, 3.05) is 32.1 Å². The molecule has 0 aliphatic carbocycles. The molecule has 0 aliphatic heterocycles. The molecule has 0 atom stereocenters. The zero-order valence-electron chi connectivity index (χ0n) is 17.4. The van der Waals surface area contributed by atoms with E-state index in [2.05, 4.69) is 5.32 Å². The van der Waals surface area contributed by atoms with Gasteiger partial charge in [0.25, 0.3) is 0 Å². The van der Waals surface area contributed by atoms with Crippen LogP contribution in [-0.4, -0.2) is 48.7 Å². The van der Waals surface area contributed by atoms with E-state index >= 15 is 0 Å². The van der Waals surface area contributed by atoms with E-state index in [0.717, 1.165) is 11.1 Å². The first-order chi connectivity index (χ1) is 15.1. The number of amides is 1. The number of carbonyl (C=O) groups is 2. The Morgan fingerprint density at radius 1 is 1.03 bits per heavy atom. The van der Waals surface area contributed by atoms with E-state index in [1.807, 2.05) is 65.6 Å². The molecule has 0 bridgehead atoms. The molecule has 0 aliphatic rings. The van der Waals surface area contributed by atoms with Gasteiger partial charge in [-0.25, -0.2) is 4.79 Å². The van der Waals surface area contributed by atoms with Crippen LogP contribution in [0.3, 0.4) is 0 Å². The molecule has 3 aromatic rings. The number of esters is 1. The first-order valence-electron chi connectivity index (χ1n) is 10.0. The summed E-state index contributed by atoms with van der Waals surface area (Å²) in [5.74, 6) is -0.716. The lowest BCUT2D eigenvalue weighted by Crippen LogP contribution is -2.38. The van der Waals surface area contributed by atoms with Crippen LogP contribution in [0.5, 0.6) is 0 Å². The number of benzene rings is 2. The molecule has 162 valence electrons. The van der Waals surface area contributed by atoms with Gasteiger partial charge in [0.1, 0.15) is 4.88 Å². The highest BCUT2D eigenvalue weighted by atomic mass is 32.1. The topological polar surface area (TPSA) is 78.9 Å². The molecule has 1 amide bonds. The van der Waals surface area contributed by atoms with Crippen LogP contribution in [0.15, 0.2) is 72.1 Å². The number of carbonyl (C=O) groups excluding carboxylic acids is 2. The number of ether oxygens (including phenoxy) is 1. The molecule has 0 fully saturated rings. The summed E-state index contributed by atoms with van der Waals surface area (Å²) in [7, 11) is 1.31. The van der Waals surface area contributed by atoms with Gasteiger partial charge in [0.2, 0.25) is 5.91 Å². The van der Waals surface area contributed by atoms with Gasteiger partial charge in [0.15, 0.2) is 0 Å². The van der Waals surface area contributed by atoms with Crippen molar-refractivity contribution in [1.29, 1.82) is 0 Å². The molecule has 2 aromatic carbocycles. The second-order valence-corrected chi connectivity index (χ2v) is 7.89. The lowest BCUT2D eigenvalue weighted by atomic mass is 9.96. The number of rotatable bonds is 10. The summed E-state index contributed by atoms with van der Waals surface area (Å²) in [6, 6.07) is 21.5. The van der Waals surface area contributed by atoms with E-state index < -0.39 is 5.97 Å². The second-order valence-electron chi connectivity index (χ2n) is 6.97. The minimum absolute atomic E-state index is 0.0332. The van der Waals surface area contributed by atoms with E-state index in [1.165, 1.54) is 18.4 Å². The normalized spacial score (nSPS) is 11.0. The zero-order valence-corrected chi connectivity index (χ0v) is 18.2. The van der Waals surface area contributed by atoms with Gasteiger partial charge in [-0.05, 0) is 29.0 Å². The van der Waals surface area contributed by atoms with Crippen molar-refractivity contribution in [2.24, 2.45) is 0 Å². The predicted molar refractivity (Wildman–Crippen MR) is 122 cm³/mol. The van der Waals surface area contributed by atoms with Gasteiger partial charge in [-0.1, -0.05) is 60.7 Å². The third kappa shape index (κ3) is 6.01. The van der Waals surface area contributed by atoms with Crippen LogP contribution in [0, 0.1) is 0 Å². The largest absolute Gasteiger partial charge is 0.465 e. The van der Waals surface area contributed by atoms with Crippen molar-refractivity contribution in [3.05, 3.63) is 88.1 Å². The summed E-state index contributed by atoms with van der Waals surface area (Å²) in [4.78, 5) is 27.3. The number of hydrogen-bond acceptors (Lipinski definition) is 6. The maximum absolute atomic E-state index is 13.0. The second kappa shape index (κ2) is 11.4. The molecular formula is C24H26N2O4S. The fourth-order valence-electron chi connectivity index (χ4n) is 3.49. The maximum atomic E-state index is 13.0. The van der Waals surface area contributed by atoms with Gasteiger partial charge >= 0.3 is 5.97 Å². The fourth-order valence-corrected chi connectivity index (χ4v) is 4.26. The Labute approximate surface area is 186 Å². The summed E-state index contributed by atoms with van der Waals surface area (Å²) in [6.45, 7) is 0.669. The molecule has 3 rings (SSSR count). The van der Waals surface area contributed by atoms with Crippen molar-refractivity contribution in [1.82, 2.24) is 4.90 Å². The highest BCUT2D eigenvalue weighted by molar-refractivity contribution is 7.12. The summed E-state index contributed by atoms with van der Waals surface area (Å²) in [6.07, 6.45) is 0.537.